The van der Waals surface area contributed by atoms with Crippen molar-refractivity contribution in [2.75, 3.05) is 32.2 Å². The molecule has 5 atom stereocenters. The highest BCUT2D eigenvalue weighted by Crippen LogP contribution is 2.28. The Morgan fingerprint density at radius 1 is 1.38 bits per heavy atom. The van der Waals surface area contributed by atoms with Crippen LogP contribution in [0.4, 0.5) is 0 Å². The summed E-state index contributed by atoms with van der Waals surface area (Å²) in [5.41, 5.74) is 8.45. The number of carbonyl (C=O) groups is 2. The molecule has 1 aliphatic rings. The second-order valence-electron chi connectivity index (χ2n) is 7.76. The summed E-state index contributed by atoms with van der Waals surface area (Å²) in [6.45, 7) is 5.39. The van der Waals surface area contributed by atoms with Gasteiger partial charge in [-0.05, 0) is 29.7 Å². The lowest BCUT2D eigenvalue weighted by molar-refractivity contribution is -0.147. The van der Waals surface area contributed by atoms with Crippen LogP contribution in [0.3, 0.4) is 0 Å². The van der Waals surface area contributed by atoms with Crippen molar-refractivity contribution in [3.8, 4) is 0 Å². The van der Waals surface area contributed by atoms with Gasteiger partial charge in [0.15, 0.2) is 5.78 Å². The maximum Gasteiger partial charge on any atom is 0.323 e. The van der Waals surface area contributed by atoms with Crippen molar-refractivity contribution in [2.45, 2.75) is 44.8 Å². The van der Waals surface area contributed by atoms with Crippen LogP contribution in [-0.4, -0.2) is 56.0 Å². The zero-order valence-electron chi connectivity index (χ0n) is 17.9. The van der Waals surface area contributed by atoms with E-state index in [-0.39, 0.29) is 11.8 Å². The Bertz CT molecular complexity index is 685. The van der Waals surface area contributed by atoms with Crippen LogP contribution in [0, 0.1) is 11.8 Å². The first-order valence-electron chi connectivity index (χ1n) is 10.3. The van der Waals surface area contributed by atoms with E-state index in [4.69, 9.17) is 10.5 Å². The fourth-order valence-electron chi connectivity index (χ4n) is 3.78. The summed E-state index contributed by atoms with van der Waals surface area (Å²) in [7, 11) is 1.36. The van der Waals surface area contributed by atoms with E-state index >= 15 is 0 Å². The molecule has 0 bridgehead atoms. The predicted molar refractivity (Wildman–Crippen MR) is 119 cm³/mol. The summed E-state index contributed by atoms with van der Waals surface area (Å²) in [5.74, 6) is -0.0539. The molecule has 0 aromatic heterocycles. The summed E-state index contributed by atoms with van der Waals surface area (Å²) < 4.78 is 5.04. The number of nitrogens with two attached hydrogens (primary N) is 1. The zero-order valence-corrected chi connectivity index (χ0v) is 18.8. The molecule has 0 fully saturated rings. The summed E-state index contributed by atoms with van der Waals surface area (Å²) >= 11 is 1.56. The minimum atomic E-state index is -0.717. The Balaban J connectivity index is 2.25. The van der Waals surface area contributed by atoms with Gasteiger partial charge in [-0.2, -0.15) is 11.8 Å². The maximum atomic E-state index is 13.6. The van der Waals surface area contributed by atoms with Gasteiger partial charge in [0.2, 0.25) is 0 Å². The van der Waals surface area contributed by atoms with Gasteiger partial charge >= 0.3 is 5.97 Å². The molecule has 0 amide bonds. The number of hydrogen-bond acceptors (Lipinski definition) is 7. The van der Waals surface area contributed by atoms with E-state index in [9.17, 15) is 9.59 Å². The predicted octanol–water partition coefficient (Wildman–Crippen LogP) is 1.93. The SMILES string of the molecule is CC[C@H](C)[C@H](N)CN[C@H](C(=O)OC)[C@H](CSC)C(=O)C1NCCc2ccccc21. The van der Waals surface area contributed by atoms with Gasteiger partial charge in [0.05, 0.1) is 19.1 Å². The first-order valence-corrected chi connectivity index (χ1v) is 11.7. The van der Waals surface area contributed by atoms with Crippen LogP contribution in [0.15, 0.2) is 24.3 Å². The van der Waals surface area contributed by atoms with Gasteiger partial charge in [0, 0.05) is 24.9 Å². The Morgan fingerprint density at radius 2 is 2.10 bits per heavy atom. The quantitative estimate of drug-likeness (QED) is 0.470. The number of hydrogen-bond donors (Lipinski definition) is 3. The number of esters is 1. The number of rotatable bonds is 11. The number of ketones is 1. The van der Waals surface area contributed by atoms with Gasteiger partial charge in [-0.3, -0.25) is 9.59 Å². The van der Waals surface area contributed by atoms with Crippen molar-refractivity contribution in [3.63, 3.8) is 0 Å². The fourth-order valence-corrected chi connectivity index (χ4v) is 4.49. The minimum absolute atomic E-state index is 0.0199. The Hall–Kier alpha value is -1.41. The van der Waals surface area contributed by atoms with Gasteiger partial charge in [0.1, 0.15) is 6.04 Å². The highest BCUT2D eigenvalue weighted by atomic mass is 32.2. The fraction of sp³-hybridized carbons (Fsp3) is 0.636. The van der Waals surface area contributed by atoms with Crippen LogP contribution in [0.1, 0.15) is 37.4 Å². The minimum Gasteiger partial charge on any atom is -0.468 e. The number of carbonyl (C=O) groups excluding carboxylic acids is 2. The number of benzene rings is 1. The standard InChI is InChI=1S/C22H35N3O3S/c1-5-14(2)18(23)12-25-20(22(27)28-3)17(13-29-4)21(26)19-16-9-7-6-8-15(16)10-11-24-19/h6-9,14,17-20,24-25H,5,10-13,23H2,1-4H3/t14-,17-,18+,19?,20-/m0/s1. The van der Waals surface area contributed by atoms with Gasteiger partial charge in [-0.1, -0.05) is 44.5 Å². The van der Waals surface area contributed by atoms with Crippen LogP contribution >= 0.6 is 11.8 Å². The maximum absolute atomic E-state index is 13.6. The van der Waals surface area contributed by atoms with E-state index < -0.39 is 24.0 Å². The number of thioether (sulfide) groups is 1. The summed E-state index contributed by atoms with van der Waals surface area (Å²) in [5, 5.41) is 6.61. The number of Topliss-reactive ketones (excluding diaryl/α,β-unsaturated/α-hetero) is 1. The van der Waals surface area contributed by atoms with Gasteiger partial charge in [-0.25, -0.2) is 0 Å². The van der Waals surface area contributed by atoms with Crippen molar-refractivity contribution >= 4 is 23.5 Å². The van der Waals surface area contributed by atoms with Crippen molar-refractivity contribution in [3.05, 3.63) is 35.4 Å². The van der Waals surface area contributed by atoms with E-state index in [0.29, 0.717) is 18.2 Å². The second kappa shape index (κ2) is 11.7. The zero-order chi connectivity index (χ0) is 21.4. The molecular formula is C22H35N3O3S. The van der Waals surface area contributed by atoms with E-state index in [1.54, 1.807) is 11.8 Å². The molecule has 0 spiro atoms. The molecule has 1 aromatic rings. The lowest BCUT2D eigenvalue weighted by atomic mass is 9.84. The average molecular weight is 422 g/mol. The topological polar surface area (TPSA) is 93.4 Å². The molecule has 0 aliphatic carbocycles. The van der Waals surface area contributed by atoms with Crippen LogP contribution in [0.2, 0.25) is 0 Å². The van der Waals surface area contributed by atoms with E-state index in [1.165, 1.54) is 12.7 Å². The largest absolute Gasteiger partial charge is 0.468 e. The van der Waals surface area contributed by atoms with Crippen molar-refractivity contribution in [1.82, 2.24) is 10.6 Å². The van der Waals surface area contributed by atoms with Crippen LogP contribution in [-0.2, 0) is 20.7 Å². The Morgan fingerprint density at radius 3 is 2.76 bits per heavy atom. The van der Waals surface area contributed by atoms with Crippen LogP contribution in [0.5, 0.6) is 0 Å². The molecule has 2 rings (SSSR count). The molecule has 1 aromatic carbocycles. The van der Waals surface area contributed by atoms with E-state index in [0.717, 1.165) is 24.9 Å². The monoisotopic (exact) mass is 421 g/mol. The molecule has 1 heterocycles. The third-order valence-electron chi connectivity index (χ3n) is 5.91. The van der Waals surface area contributed by atoms with E-state index in [2.05, 4.69) is 30.5 Å². The molecule has 6 nitrogen and oxygen atoms in total. The molecule has 4 N–H and O–H groups in total. The first kappa shape index (κ1) is 23.9. The van der Waals surface area contributed by atoms with Crippen molar-refractivity contribution in [1.29, 1.82) is 0 Å². The van der Waals surface area contributed by atoms with E-state index in [1.807, 2.05) is 24.5 Å². The normalized spacial score (nSPS) is 20.2. The number of methoxy groups -OCH3 is 1. The average Bonchev–Trinajstić information content (AvgIpc) is 2.76. The van der Waals surface area contributed by atoms with Gasteiger partial charge in [0.25, 0.3) is 0 Å². The molecule has 0 saturated heterocycles. The molecule has 7 heteroatoms. The lowest BCUT2D eigenvalue weighted by Gasteiger charge is -2.32. The van der Waals surface area contributed by atoms with Crippen LogP contribution < -0.4 is 16.4 Å². The highest BCUT2D eigenvalue weighted by Gasteiger charge is 2.39. The Kier molecular flexibility index (Phi) is 9.62. The molecule has 0 saturated carbocycles. The molecular weight excluding hydrogens is 386 g/mol. The van der Waals surface area contributed by atoms with Gasteiger partial charge < -0.3 is 21.1 Å². The number of fused-ring (bicyclic) bond motifs is 1. The first-order chi connectivity index (χ1) is 13.9. The second-order valence-corrected chi connectivity index (χ2v) is 8.67. The third-order valence-corrected chi connectivity index (χ3v) is 6.60. The van der Waals surface area contributed by atoms with Gasteiger partial charge in [-0.15, -0.1) is 0 Å². The van der Waals surface area contributed by atoms with Crippen molar-refractivity contribution < 1.29 is 14.3 Å². The van der Waals surface area contributed by atoms with Crippen molar-refractivity contribution in [2.24, 2.45) is 17.6 Å². The summed E-state index contributed by atoms with van der Waals surface area (Å²) in [6.07, 6.45) is 3.80. The molecule has 29 heavy (non-hydrogen) atoms. The molecule has 1 unspecified atom stereocenters. The lowest BCUT2D eigenvalue weighted by Crippen LogP contribution is -2.54. The molecule has 1 aliphatic heterocycles. The summed E-state index contributed by atoms with van der Waals surface area (Å²) in [6, 6.07) is 6.81. The molecule has 0 radical (unpaired) electrons. The number of ether oxygens (including phenoxy) is 1. The molecule has 162 valence electrons. The van der Waals surface area contributed by atoms with Crippen LogP contribution in [0.25, 0.3) is 0 Å². The summed E-state index contributed by atoms with van der Waals surface area (Å²) in [4.78, 5) is 26.2. The third kappa shape index (κ3) is 6.04. The highest BCUT2D eigenvalue weighted by molar-refractivity contribution is 7.98. The number of nitrogens with one attached hydrogen (secondary N) is 2. The Labute approximate surface area is 178 Å². The smallest absolute Gasteiger partial charge is 0.323 e.